The van der Waals surface area contributed by atoms with Gasteiger partial charge in [-0.15, -0.1) is 0 Å². The van der Waals surface area contributed by atoms with Crippen LogP contribution in [0.2, 0.25) is 0 Å². The summed E-state index contributed by atoms with van der Waals surface area (Å²) in [6.07, 6.45) is 7.25. The van der Waals surface area contributed by atoms with Gasteiger partial charge < -0.3 is 0 Å². The third kappa shape index (κ3) is 4.90. The zero-order valence-electron chi connectivity index (χ0n) is 26.1. The van der Waals surface area contributed by atoms with E-state index in [0.717, 1.165) is 33.6 Å². The first kappa shape index (κ1) is 27.8. The van der Waals surface area contributed by atoms with Crippen LogP contribution in [0.4, 0.5) is 0 Å². The van der Waals surface area contributed by atoms with Crippen molar-refractivity contribution in [3.8, 4) is 55.9 Å². The highest BCUT2D eigenvalue weighted by Gasteiger charge is 2.14. The van der Waals surface area contributed by atoms with E-state index < -0.39 is 0 Å². The fourth-order valence-corrected chi connectivity index (χ4v) is 6.97. The SMILES string of the molecule is c1cc(-c2ccc3c4ccccc4c4ccccc4c3c2)cc(-c2ccccc2-c2cc(-c3ccncc3)nc(-c3ccncc3)c2)c1. The molecule has 0 unspecified atom stereocenters. The van der Waals surface area contributed by atoms with Crippen LogP contribution in [0.5, 0.6) is 0 Å². The summed E-state index contributed by atoms with van der Waals surface area (Å²) in [6, 6.07) is 54.4. The van der Waals surface area contributed by atoms with Crippen molar-refractivity contribution in [3.05, 3.63) is 176 Å². The van der Waals surface area contributed by atoms with Crippen LogP contribution in [-0.4, -0.2) is 15.0 Å². The Morgan fingerprint density at radius 3 is 1.31 bits per heavy atom. The maximum atomic E-state index is 5.07. The highest BCUT2D eigenvalue weighted by Crippen LogP contribution is 2.40. The van der Waals surface area contributed by atoms with E-state index in [1.807, 2.05) is 49.1 Å². The van der Waals surface area contributed by atoms with Crippen molar-refractivity contribution in [2.45, 2.75) is 0 Å². The molecule has 0 saturated heterocycles. The molecule has 0 amide bonds. The van der Waals surface area contributed by atoms with Gasteiger partial charge in [0.15, 0.2) is 0 Å². The van der Waals surface area contributed by atoms with E-state index in [9.17, 15) is 0 Å². The van der Waals surface area contributed by atoms with Gasteiger partial charge in [-0.05, 0) is 114 Å². The lowest BCUT2D eigenvalue weighted by atomic mass is 9.90. The van der Waals surface area contributed by atoms with Gasteiger partial charge in [-0.3, -0.25) is 9.97 Å². The van der Waals surface area contributed by atoms with E-state index in [1.165, 1.54) is 54.6 Å². The zero-order chi connectivity index (χ0) is 31.9. The Morgan fingerprint density at radius 2 is 0.729 bits per heavy atom. The fourth-order valence-electron chi connectivity index (χ4n) is 6.97. The Balaban J connectivity index is 1.19. The molecule has 3 nitrogen and oxygen atoms in total. The first-order valence-electron chi connectivity index (χ1n) is 16.2. The largest absolute Gasteiger partial charge is 0.265 e. The van der Waals surface area contributed by atoms with Gasteiger partial charge in [0.25, 0.3) is 0 Å². The third-order valence-electron chi connectivity index (χ3n) is 9.27. The summed E-state index contributed by atoms with van der Waals surface area (Å²) in [6.45, 7) is 0. The lowest BCUT2D eigenvalue weighted by Gasteiger charge is -2.15. The van der Waals surface area contributed by atoms with Crippen LogP contribution in [-0.2, 0) is 0 Å². The molecule has 48 heavy (non-hydrogen) atoms. The van der Waals surface area contributed by atoms with Gasteiger partial charge in [0.05, 0.1) is 11.4 Å². The molecule has 0 aliphatic carbocycles. The standard InChI is InChI=1S/C45H29N3/c1-2-11-37(35-28-44(30-18-22-46-23-19-30)48-45(29-35)31-20-24-47-25-21-31)36(10-1)34-9-7-8-32(26-34)33-16-17-42-40-14-4-3-12-38(40)39-13-5-6-15-41(39)43(42)27-33/h1-29H. The highest BCUT2D eigenvalue weighted by atomic mass is 14.7. The minimum Gasteiger partial charge on any atom is -0.265 e. The van der Waals surface area contributed by atoms with E-state index in [0.29, 0.717) is 0 Å². The van der Waals surface area contributed by atoms with Crippen LogP contribution in [0, 0.1) is 0 Å². The molecule has 0 spiro atoms. The number of rotatable bonds is 5. The summed E-state index contributed by atoms with van der Waals surface area (Å²) >= 11 is 0. The Hall–Kier alpha value is -6.45. The fraction of sp³-hybridized carbons (Fsp3) is 0. The molecule has 3 heterocycles. The smallest absolute Gasteiger partial charge is 0.0716 e. The van der Waals surface area contributed by atoms with Gasteiger partial charge in [0, 0.05) is 35.9 Å². The second-order valence-corrected chi connectivity index (χ2v) is 12.1. The summed E-state index contributed by atoms with van der Waals surface area (Å²) in [5.74, 6) is 0. The molecule has 224 valence electrons. The third-order valence-corrected chi connectivity index (χ3v) is 9.27. The van der Waals surface area contributed by atoms with Gasteiger partial charge in [-0.2, -0.15) is 0 Å². The molecule has 0 fully saturated rings. The van der Waals surface area contributed by atoms with Crippen LogP contribution >= 0.6 is 0 Å². The average Bonchev–Trinajstić information content (AvgIpc) is 3.18. The minimum atomic E-state index is 0.904. The molecule has 3 heteroatoms. The summed E-state index contributed by atoms with van der Waals surface area (Å²) in [5.41, 5.74) is 10.8. The number of fused-ring (bicyclic) bond motifs is 6. The van der Waals surface area contributed by atoms with Crippen molar-refractivity contribution in [1.29, 1.82) is 0 Å². The van der Waals surface area contributed by atoms with Gasteiger partial charge in [-0.1, -0.05) is 103 Å². The van der Waals surface area contributed by atoms with E-state index in [2.05, 4.69) is 137 Å². The van der Waals surface area contributed by atoms with Crippen molar-refractivity contribution >= 4 is 32.3 Å². The molecule has 6 aromatic carbocycles. The van der Waals surface area contributed by atoms with Crippen LogP contribution in [0.3, 0.4) is 0 Å². The zero-order valence-corrected chi connectivity index (χ0v) is 26.1. The molecule has 0 bridgehead atoms. The van der Waals surface area contributed by atoms with E-state index >= 15 is 0 Å². The maximum absolute atomic E-state index is 5.07. The van der Waals surface area contributed by atoms with Crippen LogP contribution in [0.25, 0.3) is 88.2 Å². The van der Waals surface area contributed by atoms with E-state index in [-0.39, 0.29) is 0 Å². The van der Waals surface area contributed by atoms with Crippen LogP contribution in [0.15, 0.2) is 176 Å². The molecular formula is C45H29N3. The Labute approximate surface area is 278 Å². The number of aromatic nitrogens is 3. The first-order valence-corrected chi connectivity index (χ1v) is 16.2. The summed E-state index contributed by atoms with van der Waals surface area (Å²) in [4.78, 5) is 13.5. The summed E-state index contributed by atoms with van der Waals surface area (Å²) in [7, 11) is 0. The van der Waals surface area contributed by atoms with Crippen molar-refractivity contribution < 1.29 is 0 Å². The van der Waals surface area contributed by atoms with Crippen LogP contribution in [0.1, 0.15) is 0 Å². The predicted octanol–water partition coefficient (Wildman–Crippen LogP) is 11.7. The van der Waals surface area contributed by atoms with Gasteiger partial charge in [0.2, 0.25) is 0 Å². The van der Waals surface area contributed by atoms with Crippen LogP contribution < -0.4 is 0 Å². The summed E-state index contributed by atoms with van der Waals surface area (Å²) < 4.78 is 0. The first-order chi connectivity index (χ1) is 23.8. The van der Waals surface area contributed by atoms with E-state index in [4.69, 9.17) is 4.98 Å². The second kappa shape index (κ2) is 11.7. The maximum Gasteiger partial charge on any atom is 0.0716 e. The Morgan fingerprint density at radius 1 is 0.271 bits per heavy atom. The van der Waals surface area contributed by atoms with Crippen molar-refractivity contribution in [2.75, 3.05) is 0 Å². The monoisotopic (exact) mass is 611 g/mol. The normalized spacial score (nSPS) is 11.3. The quantitative estimate of drug-likeness (QED) is 0.182. The number of hydrogen-bond acceptors (Lipinski definition) is 3. The van der Waals surface area contributed by atoms with Gasteiger partial charge in [0.1, 0.15) is 0 Å². The molecule has 0 radical (unpaired) electrons. The number of benzene rings is 6. The van der Waals surface area contributed by atoms with Gasteiger partial charge >= 0.3 is 0 Å². The Kier molecular flexibility index (Phi) is 6.80. The molecule has 0 N–H and O–H groups in total. The lowest BCUT2D eigenvalue weighted by molar-refractivity contribution is 1.27. The predicted molar refractivity (Wildman–Crippen MR) is 200 cm³/mol. The minimum absolute atomic E-state index is 0.904. The average molecular weight is 612 g/mol. The molecule has 0 aliphatic rings. The number of hydrogen-bond donors (Lipinski definition) is 0. The molecule has 3 aromatic heterocycles. The summed E-state index contributed by atoms with van der Waals surface area (Å²) in [5, 5.41) is 7.70. The number of nitrogens with zero attached hydrogens (tertiary/aromatic N) is 3. The molecule has 0 atom stereocenters. The van der Waals surface area contributed by atoms with Crippen molar-refractivity contribution in [1.82, 2.24) is 15.0 Å². The number of pyridine rings is 3. The second-order valence-electron chi connectivity index (χ2n) is 12.1. The van der Waals surface area contributed by atoms with Gasteiger partial charge in [-0.25, -0.2) is 4.98 Å². The lowest BCUT2D eigenvalue weighted by Crippen LogP contribution is -1.93. The van der Waals surface area contributed by atoms with E-state index in [1.54, 1.807) is 0 Å². The topological polar surface area (TPSA) is 38.7 Å². The highest BCUT2D eigenvalue weighted by molar-refractivity contribution is 6.25. The molecule has 9 rings (SSSR count). The van der Waals surface area contributed by atoms with Crippen molar-refractivity contribution in [2.24, 2.45) is 0 Å². The molecular weight excluding hydrogens is 583 g/mol. The van der Waals surface area contributed by atoms with Crippen molar-refractivity contribution in [3.63, 3.8) is 0 Å². The molecule has 9 aromatic rings. The Bertz CT molecular complexity index is 2520. The molecule has 0 aliphatic heterocycles. The molecule has 0 saturated carbocycles.